The second-order valence-electron chi connectivity index (χ2n) is 8.19. The number of rotatable bonds is 5. The van der Waals surface area contributed by atoms with Gasteiger partial charge in [0.15, 0.2) is 10.8 Å². The van der Waals surface area contributed by atoms with Gasteiger partial charge in [0.05, 0.1) is 13.2 Å². The largest absolute Gasteiger partial charge is 0.433 e. The number of hydrogen-bond acceptors (Lipinski definition) is 5. The maximum atomic E-state index is 13.4. The summed E-state index contributed by atoms with van der Waals surface area (Å²) in [6.45, 7) is 2.41. The first-order valence-electron chi connectivity index (χ1n) is 10.8. The van der Waals surface area contributed by atoms with Crippen molar-refractivity contribution in [2.75, 3.05) is 43.1 Å². The van der Waals surface area contributed by atoms with Crippen molar-refractivity contribution in [3.63, 3.8) is 0 Å². The molecule has 0 unspecified atom stereocenters. The average molecular weight is 466 g/mol. The second-order valence-corrected chi connectivity index (χ2v) is 8.60. The molecule has 6 nitrogen and oxygen atoms in total. The minimum Gasteiger partial charge on any atom is -0.378 e. The van der Waals surface area contributed by atoms with Crippen molar-refractivity contribution in [1.82, 2.24) is 15.3 Å². The molecule has 1 aliphatic carbocycles. The molecular formula is C22H26F3N5OS. The van der Waals surface area contributed by atoms with E-state index in [9.17, 15) is 13.2 Å². The number of thiocarbonyl (C=S) groups is 1. The van der Waals surface area contributed by atoms with Crippen LogP contribution in [-0.4, -0.2) is 47.9 Å². The summed E-state index contributed by atoms with van der Waals surface area (Å²) in [5.41, 5.74) is 0.203. The zero-order valence-electron chi connectivity index (χ0n) is 17.6. The van der Waals surface area contributed by atoms with Crippen LogP contribution in [0.25, 0.3) is 0 Å². The molecule has 1 aromatic heterocycles. The van der Waals surface area contributed by atoms with E-state index >= 15 is 0 Å². The van der Waals surface area contributed by atoms with Crippen molar-refractivity contribution in [3.05, 3.63) is 47.7 Å². The van der Waals surface area contributed by atoms with Crippen molar-refractivity contribution in [2.24, 2.45) is 0 Å². The molecule has 0 bridgehead atoms. The molecule has 1 saturated carbocycles. The summed E-state index contributed by atoms with van der Waals surface area (Å²) in [5, 5.41) is 6.17. The van der Waals surface area contributed by atoms with E-state index in [-0.39, 0.29) is 22.3 Å². The predicted octanol–water partition coefficient (Wildman–Crippen LogP) is 4.13. The summed E-state index contributed by atoms with van der Waals surface area (Å²) in [4.78, 5) is 9.70. The molecule has 10 heteroatoms. The Labute approximate surface area is 190 Å². The Kier molecular flexibility index (Phi) is 6.80. The molecule has 0 spiro atoms. The molecule has 0 amide bonds. The Balaban J connectivity index is 1.48. The van der Waals surface area contributed by atoms with Crippen LogP contribution in [0.15, 0.2) is 36.4 Å². The number of morpholine rings is 1. The van der Waals surface area contributed by atoms with Crippen LogP contribution in [0.1, 0.15) is 36.9 Å². The first kappa shape index (κ1) is 22.7. The number of nitrogens with one attached hydrogen (secondary N) is 2. The van der Waals surface area contributed by atoms with E-state index < -0.39 is 11.9 Å². The zero-order chi connectivity index (χ0) is 22.6. The normalized spacial score (nSPS) is 18.4. The summed E-state index contributed by atoms with van der Waals surface area (Å²) >= 11 is 5.39. The summed E-state index contributed by atoms with van der Waals surface area (Å²) in [6, 6.07) is 11.2. The van der Waals surface area contributed by atoms with Crippen LogP contribution < -0.4 is 15.5 Å². The molecule has 0 radical (unpaired) electrons. The summed E-state index contributed by atoms with van der Waals surface area (Å²) in [7, 11) is 0. The molecule has 2 aliphatic rings. The Morgan fingerprint density at radius 3 is 2.44 bits per heavy atom. The van der Waals surface area contributed by atoms with Crippen molar-refractivity contribution in [3.8, 4) is 0 Å². The first-order valence-corrected chi connectivity index (χ1v) is 11.2. The zero-order valence-corrected chi connectivity index (χ0v) is 18.4. The van der Waals surface area contributed by atoms with Gasteiger partial charge in [-0.2, -0.15) is 18.2 Å². The summed E-state index contributed by atoms with van der Waals surface area (Å²) in [5.74, 6) is 0.0384. The predicted molar refractivity (Wildman–Crippen MR) is 121 cm³/mol. The van der Waals surface area contributed by atoms with E-state index in [0.29, 0.717) is 32.8 Å². The molecule has 2 aromatic rings. The van der Waals surface area contributed by atoms with E-state index in [1.54, 1.807) is 4.90 Å². The van der Waals surface area contributed by atoms with Gasteiger partial charge in [-0.1, -0.05) is 43.2 Å². The lowest BCUT2D eigenvalue weighted by molar-refractivity contribution is -0.141. The van der Waals surface area contributed by atoms with E-state index in [2.05, 4.69) is 32.7 Å². The quantitative estimate of drug-likeness (QED) is 0.644. The second kappa shape index (κ2) is 9.58. The monoisotopic (exact) mass is 465 g/mol. The number of alkyl halides is 3. The van der Waals surface area contributed by atoms with Crippen LogP contribution in [0.5, 0.6) is 0 Å². The van der Waals surface area contributed by atoms with Crippen LogP contribution in [0.4, 0.5) is 24.9 Å². The Hall–Kier alpha value is -2.46. The van der Waals surface area contributed by atoms with Gasteiger partial charge >= 0.3 is 6.18 Å². The van der Waals surface area contributed by atoms with Crippen LogP contribution >= 0.6 is 12.2 Å². The number of nitrogens with zero attached hydrogens (tertiary/aromatic N) is 3. The Morgan fingerprint density at radius 1 is 1.09 bits per heavy atom. The lowest BCUT2D eigenvalue weighted by Crippen LogP contribution is -2.41. The maximum absolute atomic E-state index is 13.4. The van der Waals surface area contributed by atoms with Gasteiger partial charge in [0.25, 0.3) is 0 Å². The van der Waals surface area contributed by atoms with Crippen LogP contribution in [0, 0.1) is 0 Å². The molecular weight excluding hydrogens is 439 g/mol. The Morgan fingerprint density at radius 2 is 1.78 bits per heavy atom. The van der Waals surface area contributed by atoms with E-state index in [0.717, 1.165) is 31.7 Å². The van der Waals surface area contributed by atoms with Crippen LogP contribution in [0.2, 0.25) is 0 Å². The average Bonchev–Trinajstić information content (AvgIpc) is 3.28. The third-order valence-electron chi connectivity index (χ3n) is 6.10. The van der Waals surface area contributed by atoms with Gasteiger partial charge in [0.1, 0.15) is 5.82 Å². The maximum Gasteiger partial charge on any atom is 0.433 e. The van der Waals surface area contributed by atoms with Gasteiger partial charge in [-0.3, -0.25) is 0 Å². The van der Waals surface area contributed by atoms with Crippen molar-refractivity contribution in [2.45, 2.75) is 37.3 Å². The molecule has 0 atom stereocenters. The number of benzene rings is 1. The van der Waals surface area contributed by atoms with Crippen LogP contribution in [0.3, 0.4) is 0 Å². The number of aromatic nitrogens is 2. The SMILES string of the molecule is FC(F)(F)c1cc(N2CCOCC2)nc(NC(=S)NCC2(c3ccccc3)CCCC2)n1. The Bertz CT molecular complexity index is 929. The standard InChI is InChI=1S/C22H26F3N5OS/c23-22(24,25)17-14-18(30-10-12-31-13-11-30)28-19(27-17)29-20(32)26-15-21(8-4-5-9-21)16-6-2-1-3-7-16/h1-3,6-7,14H,4-5,8-13,15H2,(H2,26,27,28,29,32). The highest BCUT2D eigenvalue weighted by Crippen LogP contribution is 2.40. The van der Waals surface area contributed by atoms with Gasteiger partial charge in [-0.25, -0.2) is 4.98 Å². The molecule has 2 N–H and O–H groups in total. The van der Waals surface area contributed by atoms with Crippen molar-refractivity contribution in [1.29, 1.82) is 0 Å². The smallest absolute Gasteiger partial charge is 0.378 e. The van der Waals surface area contributed by atoms with Gasteiger partial charge in [-0.15, -0.1) is 0 Å². The highest BCUT2D eigenvalue weighted by Gasteiger charge is 2.36. The number of halogens is 3. The van der Waals surface area contributed by atoms with Gasteiger partial charge in [0.2, 0.25) is 5.95 Å². The molecule has 172 valence electrons. The lowest BCUT2D eigenvalue weighted by Gasteiger charge is -2.30. The fourth-order valence-electron chi connectivity index (χ4n) is 4.40. The van der Waals surface area contributed by atoms with Crippen molar-refractivity contribution < 1.29 is 17.9 Å². The van der Waals surface area contributed by atoms with E-state index in [4.69, 9.17) is 17.0 Å². The number of anilines is 2. The molecule has 2 fully saturated rings. The van der Waals surface area contributed by atoms with E-state index in [1.165, 1.54) is 5.56 Å². The molecule has 4 rings (SSSR count). The van der Waals surface area contributed by atoms with Crippen molar-refractivity contribution >= 4 is 29.1 Å². The molecule has 1 saturated heterocycles. The fraction of sp³-hybridized carbons (Fsp3) is 0.500. The molecule has 1 aliphatic heterocycles. The number of hydrogen-bond donors (Lipinski definition) is 2. The fourth-order valence-corrected chi connectivity index (χ4v) is 4.56. The van der Waals surface area contributed by atoms with Gasteiger partial charge < -0.3 is 20.3 Å². The summed E-state index contributed by atoms with van der Waals surface area (Å²) in [6.07, 6.45) is -0.245. The van der Waals surface area contributed by atoms with Gasteiger partial charge in [0, 0.05) is 31.1 Å². The number of ether oxygens (including phenoxy) is 1. The molecule has 2 heterocycles. The molecule has 32 heavy (non-hydrogen) atoms. The highest BCUT2D eigenvalue weighted by atomic mass is 32.1. The molecule has 1 aromatic carbocycles. The minimum absolute atomic E-state index is 0.0410. The third-order valence-corrected chi connectivity index (χ3v) is 6.34. The summed E-state index contributed by atoms with van der Waals surface area (Å²) < 4.78 is 45.6. The van der Waals surface area contributed by atoms with Gasteiger partial charge in [-0.05, 0) is 30.6 Å². The topological polar surface area (TPSA) is 62.3 Å². The van der Waals surface area contributed by atoms with Crippen LogP contribution in [-0.2, 0) is 16.3 Å². The first-order chi connectivity index (χ1) is 15.4. The van der Waals surface area contributed by atoms with E-state index in [1.807, 2.05) is 18.2 Å². The third kappa shape index (κ3) is 5.29. The highest BCUT2D eigenvalue weighted by molar-refractivity contribution is 7.80. The lowest BCUT2D eigenvalue weighted by atomic mass is 9.79. The minimum atomic E-state index is -4.59.